The number of hydrogen-bond donors (Lipinski definition) is 0. The second-order valence-corrected chi connectivity index (χ2v) is 6.11. The summed E-state index contributed by atoms with van der Waals surface area (Å²) in [6.45, 7) is 2.62. The van der Waals surface area contributed by atoms with E-state index in [1.807, 2.05) is 57.4 Å². The third kappa shape index (κ3) is 3.67. The molecule has 0 heterocycles. The highest BCUT2D eigenvalue weighted by Crippen LogP contribution is 2.38. The molecule has 0 aromatic heterocycles. The summed E-state index contributed by atoms with van der Waals surface area (Å²) in [6, 6.07) is 16.2. The SMILES string of the molecule is CCC(=O)C(CCN(C)C)(c1ccccc1)c1cccc(F)c1. The average Bonchev–Trinajstić information content (AvgIpc) is 2.56. The van der Waals surface area contributed by atoms with Crippen molar-refractivity contribution in [3.05, 3.63) is 71.5 Å². The molecule has 3 heteroatoms. The Morgan fingerprint density at radius 2 is 1.70 bits per heavy atom. The molecule has 23 heavy (non-hydrogen) atoms. The summed E-state index contributed by atoms with van der Waals surface area (Å²) in [4.78, 5) is 15.1. The molecule has 2 aromatic carbocycles. The predicted molar refractivity (Wildman–Crippen MR) is 92.1 cm³/mol. The van der Waals surface area contributed by atoms with Crippen molar-refractivity contribution < 1.29 is 9.18 Å². The van der Waals surface area contributed by atoms with Crippen molar-refractivity contribution in [2.45, 2.75) is 25.2 Å². The van der Waals surface area contributed by atoms with Gasteiger partial charge in [0.2, 0.25) is 0 Å². The molecule has 1 unspecified atom stereocenters. The molecule has 0 aliphatic heterocycles. The van der Waals surface area contributed by atoms with Crippen LogP contribution in [0.25, 0.3) is 0 Å². The van der Waals surface area contributed by atoms with Gasteiger partial charge in [-0.1, -0.05) is 49.4 Å². The van der Waals surface area contributed by atoms with Gasteiger partial charge >= 0.3 is 0 Å². The molecule has 2 nitrogen and oxygen atoms in total. The molecule has 1 atom stereocenters. The van der Waals surface area contributed by atoms with Gasteiger partial charge in [-0.2, -0.15) is 0 Å². The Balaban J connectivity index is 2.65. The minimum absolute atomic E-state index is 0.121. The van der Waals surface area contributed by atoms with Crippen LogP contribution in [0.4, 0.5) is 4.39 Å². The quantitative estimate of drug-likeness (QED) is 0.769. The first-order chi connectivity index (χ1) is 11.0. The van der Waals surface area contributed by atoms with Gasteiger partial charge in [0.1, 0.15) is 11.6 Å². The topological polar surface area (TPSA) is 20.3 Å². The van der Waals surface area contributed by atoms with E-state index in [1.165, 1.54) is 12.1 Å². The summed E-state index contributed by atoms with van der Waals surface area (Å²) >= 11 is 0. The van der Waals surface area contributed by atoms with Crippen molar-refractivity contribution in [2.75, 3.05) is 20.6 Å². The van der Waals surface area contributed by atoms with E-state index in [4.69, 9.17) is 0 Å². The fraction of sp³-hybridized carbons (Fsp3) is 0.350. The molecule has 0 bridgehead atoms. The molecule has 122 valence electrons. The summed E-state index contributed by atoms with van der Waals surface area (Å²) < 4.78 is 13.9. The lowest BCUT2D eigenvalue weighted by Gasteiger charge is -2.34. The number of hydrogen-bond acceptors (Lipinski definition) is 2. The maximum atomic E-state index is 13.9. The molecule has 2 rings (SSSR count). The van der Waals surface area contributed by atoms with Gasteiger partial charge in [-0.3, -0.25) is 4.79 Å². The molecule has 0 aliphatic rings. The Bertz CT molecular complexity index is 654. The Kier molecular flexibility index (Phi) is 5.67. The van der Waals surface area contributed by atoms with E-state index < -0.39 is 5.41 Å². The van der Waals surface area contributed by atoms with Crippen molar-refractivity contribution in [3.63, 3.8) is 0 Å². The Hall–Kier alpha value is -2.00. The number of ketones is 1. The maximum Gasteiger partial charge on any atom is 0.147 e. The molecule has 0 radical (unpaired) electrons. The number of carbonyl (C=O) groups excluding carboxylic acids is 1. The second kappa shape index (κ2) is 7.51. The Morgan fingerprint density at radius 3 is 2.26 bits per heavy atom. The van der Waals surface area contributed by atoms with Gasteiger partial charge in [0.15, 0.2) is 0 Å². The van der Waals surface area contributed by atoms with Crippen LogP contribution in [-0.4, -0.2) is 31.3 Å². The van der Waals surface area contributed by atoms with Gasteiger partial charge in [-0.05, 0) is 50.3 Å². The van der Waals surface area contributed by atoms with Crippen LogP contribution in [0, 0.1) is 5.82 Å². The predicted octanol–water partition coefficient (Wildman–Crippen LogP) is 4.04. The monoisotopic (exact) mass is 313 g/mol. The molecule has 0 fully saturated rings. The molecule has 0 spiro atoms. The van der Waals surface area contributed by atoms with Crippen LogP contribution in [0.1, 0.15) is 30.9 Å². The normalized spacial score (nSPS) is 13.8. The molecular formula is C20H24FNO. The largest absolute Gasteiger partial charge is 0.309 e. The molecule has 0 aliphatic carbocycles. The lowest BCUT2D eigenvalue weighted by atomic mass is 9.68. The van der Waals surface area contributed by atoms with Gasteiger partial charge in [0.25, 0.3) is 0 Å². The van der Waals surface area contributed by atoms with E-state index in [2.05, 4.69) is 4.90 Å². The minimum atomic E-state index is -0.803. The number of nitrogens with zero attached hydrogens (tertiary/aromatic N) is 1. The van der Waals surface area contributed by atoms with Crippen LogP contribution in [-0.2, 0) is 10.2 Å². The van der Waals surface area contributed by atoms with Crippen LogP contribution in [0.2, 0.25) is 0 Å². The van der Waals surface area contributed by atoms with Crippen LogP contribution in [0.5, 0.6) is 0 Å². The van der Waals surface area contributed by atoms with Gasteiger partial charge < -0.3 is 4.90 Å². The molecular weight excluding hydrogens is 289 g/mol. The number of benzene rings is 2. The Labute approximate surface area is 137 Å². The van der Waals surface area contributed by atoms with Crippen LogP contribution in [0.3, 0.4) is 0 Å². The number of carbonyl (C=O) groups is 1. The van der Waals surface area contributed by atoms with Gasteiger partial charge in [0.05, 0.1) is 5.41 Å². The second-order valence-electron chi connectivity index (χ2n) is 6.11. The smallest absolute Gasteiger partial charge is 0.147 e. The first-order valence-corrected chi connectivity index (χ1v) is 8.00. The summed E-state index contributed by atoms with van der Waals surface area (Å²) in [6.07, 6.45) is 1.04. The summed E-state index contributed by atoms with van der Waals surface area (Å²) in [5.41, 5.74) is 0.860. The zero-order valence-electron chi connectivity index (χ0n) is 14.1. The zero-order valence-corrected chi connectivity index (χ0v) is 14.1. The number of rotatable bonds is 7. The van der Waals surface area contributed by atoms with Crippen molar-refractivity contribution in [1.82, 2.24) is 4.90 Å². The van der Waals surface area contributed by atoms with Gasteiger partial charge in [0, 0.05) is 6.42 Å². The van der Waals surface area contributed by atoms with E-state index in [1.54, 1.807) is 6.07 Å². The van der Waals surface area contributed by atoms with E-state index in [0.29, 0.717) is 12.8 Å². The highest BCUT2D eigenvalue weighted by Gasteiger charge is 2.40. The van der Waals surface area contributed by atoms with Crippen molar-refractivity contribution in [2.24, 2.45) is 0 Å². The first-order valence-electron chi connectivity index (χ1n) is 8.00. The third-order valence-corrected chi connectivity index (χ3v) is 4.32. The fourth-order valence-corrected chi connectivity index (χ4v) is 3.09. The standard InChI is InChI=1S/C20H24FNO/c1-4-19(23)20(13-14-22(2)3,16-9-6-5-7-10-16)17-11-8-12-18(21)15-17/h5-12,15H,4,13-14H2,1-3H3. The molecule has 2 aromatic rings. The zero-order chi connectivity index (χ0) is 16.9. The van der Waals surface area contributed by atoms with Gasteiger partial charge in [-0.25, -0.2) is 4.39 Å². The van der Waals surface area contributed by atoms with E-state index in [-0.39, 0.29) is 11.6 Å². The summed E-state index contributed by atoms with van der Waals surface area (Å²) in [5, 5.41) is 0. The minimum Gasteiger partial charge on any atom is -0.309 e. The van der Waals surface area contributed by atoms with Gasteiger partial charge in [-0.15, -0.1) is 0 Å². The lowest BCUT2D eigenvalue weighted by Crippen LogP contribution is -2.39. The highest BCUT2D eigenvalue weighted by molar-refractivity contribution is 5.93. The van der Waals surface area contributed by atoms with Crippen LogP contribution in [0.15, 0.2) is 54.6 Å². The van der Waals surface area contributed by atoms with E-state index in [0.717, 1.165) is 17.7 Å². The average molecular weight is 313 g/mol. The lowest BCUT2D eigenvalue weighted by molar-refractivity contribution is -0.123. The molecule has 0 amide bonds. The third-order valence-electron chi connectivity index (χ3n) is 4.32. The molecule has 0 saturated carbocycles. The summed E-state index contributed by atoms with van der Waals surface area (Å²) in [7, 11) is 3.97. The number of halogens is 1. The van der Waals surface area contributed by atoms with Crippen LogP contribution < -0.4 is 0 Å². The molecule has 0 N–H and O–H groups in total. The fourth-order valence-electron chi connectivity index (χ4n) is 3.09. The molecule has 0 saturated heterocycles. The maximum absolute atomic E-state index is 13.9. The van der Waals surface area contributed by atoms with Crippen molar-refractivity contribution in [1.29, 1.82) is 0 Å². The van der Waals surface area contributed by atoms with E-state index in [9.17, 15) is 9.18 Å². The van der Waals surface area contributed by atoms with Crippen LogP contribution >= 0.6 is 0 Å². The highest BCUT2D eigenvalue weighted by atomic mass is 19.1. The number of Topliss-reactive ketones (excluding diaryl/α,β-unsaturated/α-hetero) is 1. The van der Waals surface area contributed by atoms with Crippen molar-refractivity contribution in [3.8, 4) is 0 Å². The van der Waals surface area contributed by atoms with E-state index >= 15 is 0 Å². The van der Waals surface area contributed by atoms with Crippen molar-refractivity contribution >= 4 is 5.78 Å². The first kappa shape index (κ1) is 17.4. The Morgan fingerprint density at radius 1 is 1.04 bits per heavy atom. The summed E-state index contributed by atoms with van der Waals surface area (Å²) in [5.74, 6) is -0.187.